The Balaban J connectivity index is 1.51. The van der Waals surface area contributed by atoms with Gasteiger partial charge in [0, 0.05) is 23.9 Å². The van der Waals surface area contributed by atoms with Gasteiger partial charge in [-0.05, 0) is 25.1 Å². The molecule has 1 fully saturated rings. The van der Waals surface area contributed by atoms with Crippen molar-refractivity contribution in [1.29, 1.82) is 0 Å². The van der Waals surface area contributed by atoms with Gasteiger partial charge in [-0.15, -0.1) is 0 Å². The third kappa shape index (κ3) is 4.43. The molecule has 27 heavy (non-hydrogen) atoms. The van der Waals surface area contributed by atoms with Crippen LogP contribution in [0.2, 0.25) is 0 Å². The van der Waals surface area contributed by atoms with Gasteiger partial charge in [0.15, 0.2) is 5.82 Å². The van der Waals surface area contributed by atoms with Gasteiger partial charge in [0.1, 0.15) is 18.9 Å². The summed E-state index contributed by atoms with van der Waals surface area (Å²) in [7, 11) is 0. The molecular formula is C22H27N4O+. The molecule has 0 aliphatic carbocycles. The molecule has 2 N–H and O–H groups in total. The Morgan fingerprint density at radius 1 is 1.04 bits per heavy atom. The van der Waals surface area contributed by atoms with Crippen molar-refractivity contribution in [3.8, 4) is 11.4 Å². The van der Waals surface area contributed by atoms with E-state index in [1.54, 1.807) is 4.90 Å². The maximum atomic E-state index is 5.43. The summed E-state index contributed by atoms with van der Waals surface area (Å²) < 4.78 is 5.43. The summed E-state index contributed by atoms with van der Waals surface area (Å²) in [5.74, 6) is 1.70. The number of quaternary nitrogens is 1. The quantitative estimate of drug-likeness (QED) is 0.660. The first-order chi connectivity index (χ1) is 13.3. The monoisotopic (exact) mass is 363 g/mol. The molecule has 0 spiro atoms. The smallest absolute Gasteiger partial charge is 0.162 e. The normalized spacial score (nSPS) is 15.1. The Morgan fingerprint density at radius 2 is 1.89 bits per heavy atom. The topological polar surface area (TPSA) is 51.5 Å². The van der Waals surface area contributed by atoms with Gasteiger partial charge in [0.05, 0.1) is 25.3 Å². The molecule has 4 rings (SSSR count). The van der Waals surface area contributed by atoms with E-state index in [0.717, 1.165) is 67.4 Å². The molecule has 0 unspecified atom stereocenters. The first kappa shape index (κ1) is 17.9. The molecule has 0 atom stereocenters. The van der Waals surface area contributed by atoms with Crippen molar-refractivity contribution in [3.05, 3.63) is 54.1 Å². The van der Waals surface area contributed by atoms with Crippen LogP contribution < -0.4 is 10.2 Å². The molecule has 1 aromatic heterocycles. The summed E-state index contributed by atoms with van der Waals surface area (Å²) in [5, 5.41) is 4.63. The summed E-state index contributed by atoms with van der Waals surface area (Å²) in [6.45, 7) is 8.20. The van der Waals surface area contributed by atoms with Gasteiger partial charge in [-0.25, -0.2) is 9.97 Å². The molecule has 0 saturated carbocycles. The number of nitrogens with zero attached hydrogens (tertiary/aromatic N) is 2. The summed E-state index contributed by atoms with van der Waals surface area (Å²) >= 11 is 0. The molecule has 2 aromatic carbocycles. The number of morpholine rings is 1. The van der Waals surface area contributed by atoms with E-state index < -0.39 is 0 Å². The lowest BCUT2D eigenvalue weighted by Gasteiger charge is -2.23. The standard InChI is InChI=1S/C22H26N4O/c1-17-6-4-7-18(16-17)21-24-20-9-3-2-8-19(20)22(25-21)23-10-5-11-26-12-14-27-15-13-26/h2-4,6-9,16H,5,10-15H2,1H3,(H,23,24,25)/p+1. The van der Waals surface area contributed by atoms with E-state index in [4.69, 9.17) is 14.7 Å². The number of para-hydroxylation sites is 1. The molecule has 0 amide bonds. The lowest BCUT2D eigenvalue weighted by atomic mass is 10.1. The first-order valence-electron chi connectivity index (χ1n) is 9.78. The van der Waals surface area contributed by atoms with Crippen LogP contribution in [0.1, 0.15) is 12.0 Å². The predicted octanol–water partition coefficient (Wildman–Crippen LogP) is 2.32. The molecule has 1 aliphatic rings. The van der Waals surface area contributed by atoms with E-state index in [2.05, 4.69) is 48.6 Å². The number of nitrogens with one attached hydrogen (secondary N) is 2. The van der Waals surface area contributed by atoms with E-state index in [9.17, 15) is 0 Å². The van der Waals surface area contributed by atoms with Crippen molar-refractivity contribution in [1.82, 2.24) is 9.97 Å². The highest BCUT2D eigenvalue weighted by Gasteiger charge is 2.13. The van der Waals surface area contributed by atoms with Crippen LogP contribution in [-0.4, -0.2) is 49.4 Å². The van der Waals surface area contributed by atoms with E-state index in [0.29, 0.717) is 0 Å². The van der Waals surface area contributed by atoms with Gasteiger partial charge in [-0.3, -0.25) is 0 Å². The Labute approximate surface area is 160 Å². The van der Waals surface area contributed by atoms with Crippen molar-refractivity contribution in [2.24, 2.45) is 0 Å². The van der Waals surface area contributed by atoms with Gasteiger partial charge >= 0.3 is 0 Å². The fourth-order valence-electron chi connectivity index (χ4n) is 3.58. The lowest BCUT2D eigenvalue weighted by Crippen LogP contribution is -3.14. The molecule has 2 heterocycles. The number of hydrogen-bond donors (Lipinski definition) is 2. The number of aryl methyl sites for hydroxylation is 1. The number of hydrogen-bond acceptors (Lipinski definition) is 4. The van der Waals surface area contributed by atoms with Gasteiger partial charge in [-0.2, -0.15) is 0 Å². The molecule has 5 nitrogen and oxygen atoms in total. The molecule has 5 heteroatoms. The number of anilines is 1. The van der Waals surface area contributed by atoms with Crippen molar-refractivity contribution in [3.63, 3.8) is 0 Å². The maximum Gasteiger partial charge on any atom is 0.162 e. The number of rotatable bonds is 6. The van der Waals surface area contributed by atoms with Crippen LogP contribution in [-0.2, 0) is 4.74 Å². The largest absolute Gasteiger partial charge is 0.370 e. The zero-order valence-corrected chi connectivity index (χ0v) is 15.9. The van der Waals surface area contributed by atoms with Gasteiger partial charge < -0.3 is 15.0 Å². The van der Waals surface area contributed by atoms with Crippen molar-refractivity contribution in [2.75, 3.05) is 44.7 Å². The highest BCUT2D eigenvalue weighted by atomic mass is 16.5. The minimum absolute atomic E-state index is 0.777. The second-order valence-corrected chi connectivity index (χ2v) is 7.18. The number of fused-ring (bicyclic) bond motifs is 1. The fraction of sp³-hybridized carbons (Fsp3) is 0.364. The Morgan fingerprint density at radius 3 is 2.74 bits per heavy atom. The average Bonchev–Trinajstić information content (AvgIpc) is 2.71. The van der Waals surface area contributed by atoms with Crippen molar-refractivity contribution < 1.29 is 9.64 Å². The van der Waals surface area contributed by atoms with Crippen LogP contribution in [0.4, 0.5) is 5.82 Å². The first-order valence-corrected chi connectivity index (χ1v) is 9.78. The number of benzene rings is 2. The van der Waals surface area contributed by atoms with Gasteiger partial charge in [-0.1, -0.05) is 35.9 Å². The summed E-state index contributed by atoms with van der Waals surface area (Å²) in [6, 6.07) is 16.6. The van der Waals surface area contributed by atoms with E-state index in [-0.39, 0.29) is 0 Å². The number of ether oxygens (including phenoxy) is 1. The SMILES string of the molecule is Cc1cccc(-c2nc(NCCC[NH+]3CCOCC3)c3ccccc3n2)c1. The van der Waals surface area contributed by atoms with Crippen molar-refractivity contribution in [2.45, 2.75) is 13.3 Å². The zero-order valence-electron chi connectivity index (χ0n) is 15.9. The molecule has 140 valence electrons. The maximum absolute atomic E-state index is 5.43. The fourth-order valence-corrected chi connectivity index (χ4v) is 3.58. The highest BCUT2D eigenvalue weighted by Crippen LogP contribution is 2.25. The van der Waals surface area contributed by atoms with Crippen molar-refractivity contribution >= 4 is 16.7 Å². The predicted molar refractivity (Wildman–Crippen MR) is 109 cm³/mol. The van der Waals surface area contributed by atoms with Crippen LogP contribution in [0.5, 0.6) is 0 Å². The minimum atomic E-state index is 0.777. The van der Waals surface area contributed by atoms with Crippen LogP contribution in [0.25, 0.3) is 22.3 Å². The average molecular weight is 363 g/mol. The molecule has 0 radical (unpaired) electrons. The van der Waals surface area contributed by atoms with Crippen LogP contribution in [0.3, 0.4) is 0 Å². The number of aromatic nitrogens is 2. The molecule has 1 aliphatic heterocycles. The third-order valence-corrected chi connectivity index (χ3v) is 5.08. The van der Waals surface area contributed by atoms with Crippen LogP contribution in [0.15, 0.2) is 48.5 Å². The van der Waals surface area contributed by atoms with E-state index >= 15 is 0 Å². The highest BCUT2D eigenvalue weighted by molar-refractivity contribution is 5.90. The van der Waals surface area contributed by atoms with Gasteiger partial charge in [0.2, 0.25) is 0 Å². The molecule has 1 saturated heterocycles. The second-order valence-electron chi connectivity index (χ2n) is 7.18. The molecular weight excluding hydrogens is 336 g/mol. The summed E-state index contributed by atoms with van der Waals surface area (Å²) in [6.07, 6.45) is 1.12. The second kappa shape index (κ2) is 8.46. The van der Waals surface area contributed by atoms with Gasteiger partial charge in [0.25, 0.3) is 0 Å². The Kier molecular flexibility index (Phi) is 5.61. The van der Waals surface area contributed by atoms with E-state index in [1.165, 1.54) is 12.1 Å². The Hall–Kier alpha value is -2.50. The van der Waals surface area contributed by atoms with Crippen LogP contribution in [0, 0.1) is 6.92 Å². The zero-order chi connectivity index (χ0) is 18.5. The van der Waals surface area contributed by atoms with E-state index in [1.807, 2.05) is 12.1 Å². The lowest BCUT2D eigenvalue weighted by molar-refractivity contribution is -0.908. The third-order valence-electron chi connectivity index (χ3n) is 5.08. The van der Waals surface area contributed by atoms with Crippen LogP contribution >= 0.6 is 0 Å². The minimum Gasteiger partial charge on any atom is -0.370 e. The summed E-state index contributed by atoms with van der Waals surface area (Å²) in [4.78, 5) is 11.3. The molecule has 3 aromatic rings. The molecule has 0 bridgehead atoms. The Bertz CT molecular complexity index is 906. The summed E-state index contributed by atoms with van der Waals surface area (Å²) in [5.41, 5.74) is 3.25.